The van der Waals surface area contributed by atoms with Crippen molar-refractivity contribution < 1.29 is 4.79 Å². The van der Waals surface area contributed by atoms with Crippen LogP contribution in [-0.4, -0.2) is 38.1 Å². The van der Waals surface area contributed by atoms with Gasteiger partial charge in [-0.2, -0.15) is 0 Å². The van der Waals surface area contributed by atoms with Crippen LogP contribution in [-0.2, 0) is 0 Å². The van der Waals surface area contributed by atoms with E-state index in [1.807, 2.05) is 30.3 Å². The molecule has 32 heavy (non-hydrogen) atoms. The Hall–Kier alpha value is -1.39. The normalized spacial score (nSPS) is 16.9. The smallest absolute Gasteiger partial charge is 0.251 e. The first-order chi connectivity index (χ1) is 15.4. The van der Waals surface area contributed by atoms with E-state index in [9.17, 15) is 4.79 Å². The fourth-order valence-corrected chi connectivity index (χ4v) is 4.91. The Morgan fingerprint density at radius 2 is 1.66 bits per heavy atom. The molecule has 1 amide bonds. The number of nitrogens with one attached hydrogen (secondary N) is 3. The third kappa shape index (κ3) is 11.5. The quantitative estimate of drug-likeness (QED) is 0.307. The molecule has 0 spiro atoms. The first-order valence-corrected chi connectivity index (χ1v) is 13.2. The lowest BCUT2D eigenvalue weighted by molar-refractivity contribution is 0.0946. The highest BCUT2D eigenvalue weighted by Crippen LogP contribution is 2.27. The van der Waals surface area contributed by atoms with Crippen LogP contribution < -0.4 is 16.0 Å². The highest BCUT2D eigenvalue weighted by molar-refractivity contribution is 5.94. The number of benzene rings is 1. The summed E-state index contributed by atoms with van der Waals surface area (Å²) in [6, 6.07) is 9.93. The molecule has 1 aliphatic carbocycles. The third-order valence-corrected chi connectivity index (χ3v) is 6.72. The fourth-order valence-electron chi connectivity index (χ4n) is 4.91. The molecular weight excluding hydrogens is 394 g/mol. The lowest BCUT2D eigenvalue weighted by Gasteiger charge is -2.29. The first kappa shape index (κ1) is 26.9. The van der Waals surface area contributed by atoms with Crippen LogP contribution in [0.1, 0.15) is 89.4 Å². The SMILES string of the molecule is CC(C)CCNC[C@H](CN[C@@H](CNC(=O)c1ccccc1)CC1CCCCC1)CC(C)C. The topological polar surface area (TPSA) is 53.2 Å². The molecule has 182 valence electrons. The minimum atomic E-state index is 0.0372. The monoisotopic (exact) mass is 443 g/mol. The van der Waals surface area contributed by atoms with Crippen molar-refractivity contribution in [2.45, 2.75) is 85.1 Å². The maximum Gasteiger partial charge on any atom is 0.251 e. The minimum Gasteiger partial charge on any atom is -0.350 e. The van der Waals surface area contributed by atoms with Crippen molar-refractivity contribution in [3.63, 3.8) is 0 Å². The van der Waals surface area contributed by atoms with Crippen LogP contribution in [0.2, 0.25) is 0 Å². The first-order valence-electron chi connectivity index (χ1n) is 13.2. The van der Waals surface area contributed by atoms with Gasteiger partial charge in [-0.3, -0.25) is 4.79 Å². The van der Waals surface area contributed by atoms with Crippen molar-refractivity contribution in [3.8, 4) is 0 Å². The van der Waals surface area contributed by atoms with Crippen LogP contribution in [0.4, 0.5) is 0 Å². The molecule has 2 rings (SSSR count). The second-order valence-electron chi connectivity index (χ2n) is 10.8. The molecule has 0 heterocycles. The third-order valence-electron chi connectivity index (χ3n) is 6.72. The Kier molecular flexibility index (Phi) is 13.0. The summed E-state index contributed by atoms with van der Waals surface area (Å²) in [6.07, 6.45) is 10.4. The van der Waals surface area contributed by atoms with Gasteiger partial charge in [-0.1, -0.05) is 78.0 Å². The van der Waals surface area contributed by atoms with E-state index in [4.69, 9.17) is 0 Å². The van der Waals surface area contributed by atoms with Gasteiger partial charge in [0.2, 0.25) is 0 Å². The van der Waals surface area contributed by atoms with Gasteiger partial charge in [0.1, 0.15) is 0 Å². The van der Waals surface area contributed by atoms with Gasteiger partial charge in [0.05, 0.1) is 0 Å². The van der Waals surface area contributed by atoms with Gasteiger partial charge < -0.3 is 16.0 Å². The molecule has 2 atom stereocenters. The molecule has 0 aliphatic heterocycles. The number of carbonyl (C=O) groups excluding carboxylic acids is 1. The van der Waals surface area contributed by atoms with Crippen LogP contribution >= 0.6 is 0 Å². The number of amides is 1. The Morgan fingerprint density at radius 1 is 0.938 bits per heavy atom. The zero-order valence-corrected chi connectivity index (χ0v) is 21.2. The minimum absolute atomic E-state index is 0.0372. The molecule has 4 heteroatoms. The Morgan fingerprint density at radius 3 is 2.31 bits per heavy atom. The Balaban J connectivity index is 1.89. The zero-order valence-electron chi connectivity index (χ0n) is 21.2. The lowest BCUT2D eigenvalue weighted by atomic mass is 9.84. The van der Waals surface area contributed by atoms with Gasteiger partial charge in [0.15, 0.2) is 0 Å². The van der Waals surface area contributed by atoms with E-state index in [0.29, 0.717) is 24.4 Å². The molecule has 0 unspecified atom stereocenters. The average Bonchev–Trinajstić information content (AvgIpc) is 2.78. The van der Waals surface area contributed by atoms with Crippen molar-refractivity contribution in [2.24, 2.45) is 23.7 Å². The van der Waals surface area contributed by atoms with E-state index in [-0.39, 0.29) is 5.91 Å². The number of hydrogen-bond acceptors (Lipinski definition) is 3. The second-order valence-corrected chi connectivity index (χ2v) is 10.8. The fraction of sp³-hybridized carbons (Fsp3) is 0.750. The van der Waals surface area contributed by atoms with Crippen molar-refractivity contribution in [1.82, 2.24) is 16.0 Å². The van der Waals surface area contributed by atoms with E-state index < -0.39 is 0 Å². The molecular formula is C28H49N3O. The van der Waals surface area contributed by atoms with Crippen LogP contribution in [0.5, 0.6) is 0 Å². The van der Waals surface area contributed by atoms with Crippen molar-refractivity contribution in [2.75, 3.05) is 26.2 Å². The van der Waals surface area contributed by atoms with Gasteiger partial charge in [-0.25, -0.2) is 0 Å². The molecule has 3 N–H and O–H groups in total. The highest BCUT2D eigenvalue weighted by atomic mass is 16.1. The summed E-state index contributed by atoms with van der Waals surface area (Å²) < 4.78 is 0. The maximum absolute atomic E-state index is 12.6. The maximum atomic E-state index is 12.6. The molecule has 1 fully saturated rings. The van der Waals surface area contributed by atoms with Crippen molar-refractivity contribution in [1.29, 1.82) is 0 Å². The van der Waals surface area contributed by atoms with Crippen LogP contribution in [0.25, 0.3) is 0 Å². The zero-order chi connectivity index (χ0) is 23.2. The summed E-state index contributed by atoms with van der Waals surface area (Å²) in [5.41, 5.74) is 0.746. The Labute approximate surface area is 197 Å². The molecule has 1 aromatic rings. The van der Waals surface area contributed by atoms with E-state index in [1.54, 1.807) is 0 Å². The summed E-state index contributed by atoms with van der Waals surface area (Å²) in [7, 11) is 0. The molecule has 0 radical (unpaired) electrons. The van der Waals surface area contributed by atoms with E-state index in [1.165, 1.54) is 51.4 Å². The van der Waals surface area contributed by atoms with Gasteiger partial charge in [0, 0.05) is 18.2 Å². The largest absolute Gasteiger partial charge is 0.350 e. The molecule has 1 aliphatic rings. The number of carbonyl (C=O) groups is 1. The lowest BCUT2D eigenvalue weighted by Crippen LogP contribution is -2.45. The van der Waals surface area contributed by atoms with E-state index in [0.717, 1.165) is 37.0 Å². The average molecular weight is 444 g/mol. The molecule has 1 aromatic carbocycles. The predicted octanol–water partition coefficient (Wildman–Crippen LogP) is 5.64. The summed E-state index contributed by atoms with van der Waals surface area (Å²) in [6.45, 7) is 13.1. The summed E-state index contributed by atoms with van der Waals surface area (Å²) in [5.74, 6) is 2.90. The van der Waals surface area contributed by atoms with Crippen LogP contribution in [0.15, 0.2) is 30.3 Å². The van der Waals surface area contributed by atoms with Gasteiger partial charge in [-0.15, -0.1) is 0 Å². The number of rotatable bonds is 15. The van der Waals surface area contributed by atoms with Gasteiger partial charge in [-0.05, 0) is 74.7 Å². The van der Waals surface area contributed by atoms with Gasteiger partial charge >= 0.3 is 0 Å². The molecule has 4 nitrogen and oxygen atoms in total. The van der Waals surface area contributed by atoms with Gasteiger partial charge in [0.25, 0.3) is 5.91 Å². The molecule has 0 aromatic heterocycles. The van der Waals surface area contributed by atoms with Crippen LogP contribution in [0.3, 0.4) is 0 Å². The number of hydrogen-bond donors (Lipinski definition) is 3. The summed E-state index contributed by atoms with van der Waals surface area (Å²) in [5, 5.41) is 10.8. The Bertz CT molecular complexity index is 610. The standard InChI is InChI=1S/C28H49N3O/c1-22(2)15-16-29-19-25(17-23(3)4)20-30-27(18-24-11-7-5-8-12-24)21-31-28(32)26-13-9-6-10-14-26/h6,9-10,13-14,22-25,27,29-30H,5,7-8,11-12,15-21H2,1-4H3,(H,31,32)/t25-,27-/m1/s1. The van der Waals surface area contributed by atoms with E-state index >= 15 is 0 Å². The highest BCUT2D eigenvalue weighted by Gasteiger charge is 2.21. The molecule has 0 bridgehead atoms. The van der Waals surface area contributed by atoms with Crippen LogP contribution in [0, 0.1) is 23.7 Å². The molecule has 1 saturated carbocycles. The van der Waals surface area contributed by atoms with Crippen molar-refractivity contribution in [3.05, 3.63) is 35.9 Å². The van der Waals surface area contributed by atoms with Crippen molar-refractivity contribution >= 4 is 5.91 Å². The summed E-state index contributed by atoms with van der Waals surface area (Å²) in [4.78, 5) is 12.6. The van der Waals surface area contributed by atoms with E-state index in [2.05, 4.69) is 43.6 Å². The summed E-state index contributed by atoms with van der Waals surface area (Å²) >= 11 is 0. The second kappa shape index (κ2) is 15.4. The molecule has 0 saturated heterocycles. The predicted molar refractivity (Wildman–Crippen MR) is 137 cm³/mol.